The second-order valence-corrected chi connectivity index (χ2v) is 24.8. The van der Waals surface area contributed by atoms with Gasteiger partial charge < -0.3 is 9.13 Å². The summed E-state index contributed by atoms with van der Waals surface area (Å²) < 4.78 is 4.74. The fourth-order valence-corrected chi connectivity index (χ4v) is 15.3. The van der Waals surface area contributed by atoms with Crippen molar-refractivity contribution >= 4 is 43.6 Å². The highest BCUT2D eigenvalue weighted by Gasteiger charge is 2.42. The van der Waals surface area contributed by atoms with E-state index in [2.05, 4.69) is 337 Å². The van der Waals surface area contributed by atoms with E-state index in [1.165, 1.54) is 77.0 Å². The van der Waals surface area contributed by atoms with Crippen LogP contribution in [0.15, 0.2) is 328 Å². The Morgan fingerprint density at radius 1 is 0.202 bits per heavy atom. The number of para-hydroxylation sites is 4. The van der Waals surface area contributed by atoms with E-state index in [0.717, 1.165) is 89.8 Å². The van der Waals surface area contributed by atoms with Gasteiger partial charge in [0.25, 0.3) is 0 Å². The molecule has 6 heteroatoms. The summed E-state index contributed by atoms with van der Waals surface area (Å²) in [7, 11) is 0. The van der Waals surface area contributed by atoms with Crippen molar-refractivity contribution in [2.45, 2.75) is 11.8 Å². The molecule has 2 bridgehead atoms. The number of benzene rings is 13. The lowest BCUT2D eigenvalue weighted by molar-refractivity contribution is 0.754. The lowest BCUT2D eigenvalue weighted by Crippen LogP contribution is -2.27. The summed E-state index contributed by atoms with van der Waals surface area (Å²) in [5.74, 6) is 1.34. The Bertz CT molecular complexity index is 5510. The Labute approximate surface area is 543 Å². The Morgan fingerprint density at radius 2 is 0.532 bits per heavy atom. The second-order valence-electron chi connectivity index (χ2n) is 24.8. The zero-order valence-corrected chi connectivity index (χ0v) is 51.0. The maximum Gasteiger partial charge on any atom is 0.160 e. The molecule has 0 N–H and O–H groups in total. The van der Waals surface area contributed by atoms with E-state index in [9.17, 15) is 0 Å². The van der Waals surface area contributed by atoms with Gasteiger partial charge in [-0.1, -0.05) is 243 Å². The summed E-state index contributed by atoms with van der Waals surface area (Å²) in [5, 5.41) is 4.84. The molecule has 0 aliphatic heterocycles. The molecule has 3 aliphatic carbocycles. The molecular weight excluding hydrogens is 1140 g/mol. The van der Waals surface area contributed by atoms with Gasteiger partial charge in [0.15, 0.2) is 11.6 Å². The quantitative estimate of drug-likeness (QED) is 0.137. The molecule has 2 atom stereocenters. The van der Waals surface area contributed by atoms with Crippen molar-refractivity contribution in [3.05, 3.63) is 361 Å². The number of aromatic nitrogens is 6. The molecule has 20 rings (SSSR count). The van der Waals surface area contributed by atoms with Gasteiger partial charge in [-0.05, 0) is 141 Å². The van der Waals surface area contributed by atoms with Crippen molar-refractivity contribution in [1.82, 2.24) is 29.1 Å². The van der Waals surface area contributed by atoms with Gasteiger partial charge >= 0.3 is 0 Å². The van der Waals surface area contributed by atoms with E-state index in [1.807, 2.05) is 0 Å². The molecule has 13 aromatic carbocycles. The maximum atomic E-state index is 5.57. The molecule has 4 aromatic heterocycles. The van der Waals surface area contributed by atoms with E-state index >= 15 is 0 Å². The average Bonchev–Trinajstić information content (AvgIpc) is 0.968. The smallest absolute Gasteiger partial charge is 0.160 e. The van der Waals surface area contributed by atoms with Crippen molar-refractivity contribution < 1.29 is 0 Å². The Kier molecular flexibility index (Phi) is 12.3. The molecule has 0 amide bonds. The van der Waals surface area contributed by atoms with E-state index in [0.29, 0.717) is 11.6 Å². The minimum Gasteiger partial charge on any atom is -0.309 e. The van der Waals surface area contributed by atoms with Crippen LogP contribution in [0.25, 0.3) is 145 Å². The summed E-state index contributed by atoms with van der Waals surface area (Å²) in [5.41, 5.74) is 28.8. The number of fused-ring (bicyclic) bond motifs is 6. The zero-order chi connectivity index (χ0) is 61.8. The van der Waals surface area contributed by atoms with Gasteiger partial charge in [-0.2, -0.15) is 0 Å². The van der Waals surface area contributed by atoms with Gasteiger partial charge in [0.1, 0.15) is 0 Å². The first kappa shape index (κ1) is 53.5. The minimum atomic E-state index is -0.0153. The number of nitrogens with zero attached hydrogens (tertiary/aromatic N) is 6. The Hall–Kier alpha value is -12.4. The maximum absolute atomic E-state index is 5.57. The first-order valence-corrected chi connectivity index (χ1v) is 32.2. The Balaban J connectivity index is 0.716. The van der Waals surface area contributed by atoms with Crippen LogP contribution in [0.5, 0.6) is 0 Å². The SMILES string of the molecule is c1ccc(-c2cc(-c3ccccc3-c3ccc4c(c3)c3ccccc3n4-c3ccccc3)nc(-c3ccc4c(c3)C3c5ccccc5C4c4cc(-c5nc(-c6ccccc6)cc(-c6ccccc6-c6ccc7c(c6)c6ccccc6n7-c6ccccc6)n5)ccc43)n2)cc1. The first-order valence-electron chi connectivity index (χ1n) is 32.2. The van der Waals surface area contributed by atoms with E-state index in [-0.39, 0.29) is 11.8 Å². The van der Waals surface area contributed by atoms with E-state index < -0.39 is 0 Å². The zero-order valence-electron chi connectivity index (χ0n) is 51.0. The van der Waals surface area contributed by atoms with Crippen LogP contribution < -0.4 is 0 Å². The topological polar surface area (TPSA) is 61.4 Å². The lowest BCUT2D eigenvalue weighted by Gasteiger charge is -2.42. The average molecular weight is 1200 g/mol. The van der Waals surface area contributed by atoms with Gasteiger partial charge in [-0.3, -0.25) is 0 Å². The van der Waals surface area contributed by atoms with Crippen LogP contribution in [0.1, 0.15) is 45.2 Å². The highest BCUT2D eigenvalue weighted by atomic mass is 15.0. The molecule has 438 valence electrons. The molecule has 17 aromatic rings. The molecule has 0 spiro atoms. The van der Waals surface area contributed by atoms with Crippen LogP contribution in [0.2, 0.25) is 0 Å². The van der Waals surface area contributed by atoms with Crippen LogP contribution in [0, 0.1) is 0 Å². The van der Waals surface area contributed by atoms with Crippen LogP contribution in [-0.4, -0.2) is 29.1 Å². The molecule has 0 radical (unpaired) electrons. The third-order valence-corrected chi connectivity index (χ3v) is 19.5. The van der Waals surface area contributed by atoms with Crippen molar-refractivity contribution in [3.8, 4) is 101 Å². The largest absolute Gasteiger partial charge is 0.309 e. The van der Waals surface area contributed by atoms with Crippen molar-refractivity contribution in [1.29, 1.82) is 0 Å². The molecule has 3 aliphatic rings. The van der Waals surface area contributed by atoms with Gasteiger partial charge in [0.05, 0.1) is 44.8 Å². The van der Waals surface area contributed by atoms with Gasteiger partial charge in [-0.15, -0.1) is 0 Å². The third-order valence-electron chi connectivity index (χ3n) is 19.5. The summed E-state index contributed by atoms with van der Waals surface area (Å²) in [4.78, 5) is 22.0. The molecule has 4 heterocycles. The molecule has 0 saturated carbocycles. The first-order chi connectivity index (χ1) is 46.6. The fourth-order valence-electron chi connectivity index (χ4n) is 15.3. The summed E-state index contributed by atoms with van der Waals surface area (Å²) >= 11 is 0. The number of hydrogen-bond donors (Lipinski definition) is 0. The predicted octanol–water partition coefficient (Wildman–Crippen LogP) is 21.8. The Morgan fingerprint density at radius 3 is 0.968 bits per heavy atom. The van der Waals surface area contributed by atoms with Crippen LogP contribution >= 0.6 is 0 Å². The van der Waals surface area contributed by atoms with Gasteiger partial charge in [0, 0.05) is 78.1 Å². The molecule has 0 saturated heterocycles. The van der Waals surface area contributed by atoms with Crippen molar-refractivity contribution in [3.63, 3.8) is 0 Å². The highest BCUT2D eigenvalue weighted by molar-refractivity contribution is 6.12. The van der Waals surface area contributed by atoms with Crippen LogP contribution in [-0.2, 0) is 0 Å². The summed E-state index contributed by atoms with van der Waals surface area (Å²) in [6.45, 7) is 0. The second kappa shape index (κ2) is 21.7. The van der Waals surface area contributed by atoms with Crippen molar-refractivity contribution in [2.75, 3.05) is 0 Å². The lowest BCUT2D eigenvalue weighted by atomic mass is 9.61. The normalized spacial score (nSPS) is 13.7. The highest BCUT2D eigenvalue weighted by Crippen LogP contribution is 2.57. The standard InChI is InChI=1S/C88H56N6/c1-5-23-55(24-6-1)77-53-79(65-33-15-13-31-63(65)57-43-47-83-73(49-57)67-35-19-21-39-81(67)93(83)61-27-9-3-10-28-61)91-87(89-77)59-41-45-71-75(51-59)85-69-37-17-18-38-70(69)86(71)76-52-60(42-46-72(76)85)88-90-78(56-25-7-2-8-26-56)54-80(92-88)66-34-16-14-32-64(66)58-44-48-84-74(50-58)68-36-20-22-40-82(68)94(84)62-29-11-4-12-30-62/h1-54,85-86H. The monoisotopic (exact) mass is 1200 g/mol. The van der Waals surface area contributed by atoms with E-state index in [4.69, 9.17) is 19.9 Å². The molecule has 94 heavy (non-hydrogen) atoms. The van der Waals surface area contributed by atoms with Crippen LogP contribution in [0.3, 0.4) is 0 Å². The number of hydrogen-bond acceptors (Lipinski definition) is 4. The van der Waals surface area contributed by atoms with Crippen LogP contribution in [0.4, 0.5) is 0 Å². The fraction of sp³-hybridized carbons (Fsp3) is 0.0227. The third kappa shape index (κ3) is 8.64. The number of rotatable bonds is 10. The molecular formula is C88H56N6. The molecule has 0 fully saturated rings. The summed E-state index contributed by atoms with van der Waals surface area (Å²) in [6, 6.07) is 118. The van der Waals surface area contributed by atoms with Crippen molar-refractivity contribution in [2.24, 2.45) is 0 Å². The molecule has 6 nitrogen and oxygen atoms in total. The minimum absolute atomic E-state index is 0.0153. The van der Waals surface area contributed by atoms with Gasteiger partial charge in [-0.25, -0.2) is 19.9 Å². The predicted molar refractivity (Wildman–Crippen MR) is 385 cm³/mol. The van der Waals surface area contributed by atoms with E-state index in [1.54, 1.807) is 0 Å². The van der Waals surface area contributed by atoms with Gasteiger partial charge in [0.2, 0.25) is 0 Å². The summed E-state index contributed by atoms with van der Waals surface area (Å²) in [6.07, 6.45) is 0. The molecule has 2 unspecified atom stereocenters.